The molecule has 0 atom stereocenters. The molecule has 7 heteroatoms. The molecule has 3 rings (SSSR count). The lowest BCUT2D eigenvalue weighted by atomic mass is 10.0. The number of likely N-dealkylation sites (N-methyl/N-ethyl adjacent to an activating group) is 1. The first-order valence-electron chi connectivity index (χ1n) is 8.02. The number of halogens is 1. The fraction of sp³-hybridized carbons (Fsp3) is 0.333. The first-order chi connectivity index (χ1) is 12.0. The lowest BCUT2D eigenvalue weighted by Gasteiger charge is -2.22. The maximum absolute atomic E-state index is 12.5. The number of phenolic OH excluding ortho intramolecular Hbond substituents is 1. The van der Waals surface area contributed by atoms with Crippen LogP contribution in [0.3, 0.4) is 0 Å². The molecule has 1 aromatic carbocycles. The van der Waals surface area contributed by atoms with Crippen molar-refractivity contribution in [2.24, 2.45) is 4.99 Å². The van der Waals surface area contributed by atoms with Crippen LogP contribution < -0.4 is 0 Å². The average molecular weight is 423 g/mol. The molecule has 0 saturated carbocycles. The number of aromatic hydroxyl groups is 1. The van der Waals surface area contributed by atoms with Crippen molar-refractivity contribution in [3.8, 4) is 5.75 Å². The molecule has 0 spiro atoms. The van der Waals surface area contributed by atoms with Gasteiger partial charge >= 0.3 is 5.97 Å². The summed E-state index contributed by atoms with van der Waals surface area (Å²) in [5.41, 5.74) is 2.21. The van der Waals surface area contributed by atoms with E-state index in [9.17, 15) is 9.90 Å². The zero-order valence-electron chi connectivity index (χ0n) is 14.1. The van der Waals surface area contributed by atoms with Gasteiger partial charge in [-0.2, -0.15) is 0 Å². The number of hydrogen-bond acceptors (Lipinski definition) is 6. The number of phenols is 1. The van der Waals surface area contributed by atoms with Gasteiger partial charge in [-0.3, -0.25) is 0 Å². The van der Waals surface area contributed by atoms with Crippen LogP contribution in [0.4, 0.5) is 5.00 Å². The molecule has 0 unspecified atom stereocenters. The van der Waals surface area contributed by atoms with Crippen LogP contribution in [0.5, 0.6) is 5.75 Å². The molecular weight excluding hydrogens is 404 g/mol. The van der Waals surface area contributed by atoms with E-state index < -0.39 is 0 Å². The highest BCUT2D eigenvalue weighted by Crippen LogP contribution is 2.39. The Morgan fingerprint density at radius 3 is 3.08 bits per heavy atom. The number of thiophene rings is 1. The van der Waals surface area contributed by atoms with Gasteiger partial charge in [-0.05, 0) is 44.2 Å². The molecule has 1 N–H and O–H groups in total. The molecule has 0 amide bonds. The topological polar surface area (TPSA) is 62.1 Å². The molecule has 25 heavy (non-hydrogen) atoms. The van der Waals surface area contributed by atoms with Gasteiger partial charge in [0.2, 0.25) is 0 Å². The average Bonchev–Trinajstić information content (AvgIpc) is 2.93. The summed E-state index contributed by atoms with van der Waals surface area (Å²) in [5, 5.41) is 10.6. The van der Waals surface area contributed by atoms with Crippen molar-refractivity contribution >= 4 is 44.5 Å². The maximum atomic E-state index is 12.5. The van der Waals surface area contributed by atoms with Gasteiger partial charge in [0.1, 0.15) is 10.8 Å². The minimum absolute atomic E-state index is 0.144. The largest absolute Gasteiger partial charge is 0.507 e. The summed E-state index contributed by atoms with van der Waals surface area (Å²) in [5.74, 6) is -0.180. The molecule has 2 aromatic rings. The van der Waals surface area contributed by atoms with Crippen molar-refractivity contribution in [1.29, 1.82) is 0 Å². The van der Waals surface area contributed by atoms with Crippen LogP contribution in [0.1, 0.15) is 33.3 Å². The predicted octanol–water partition coefficient (Wildman–Crippen LogP) is 4.13. The van der Waals surface area contributed by atoms with Crippen molar-refractivity contribution < 1.29 is 14.6 Å². The molecule has 132 valence electrons. The molecule has 0 bridgehead atoms. The predicted molar refractivity (Wildman–Crippen MR) is 103 cm³/mol. The smallest absolute Gasteiger partial charge is 0.341 e. The Balaban J connectivity index is 2.01. The van der Waals surface area contributed by atoms with Crippen LogP contribution in [0, 0.1) is 0 Å². The second-order valence-electron chi connectivity index (χ2n) is 5.85. The second-order valence-corrected chi connectivity index (χ2v) is 7.85. The zero-order valence-corrected chi connectivity index (χ0v) is 16.5. The minimum Gasteiger partial charge on any atom is -0.507 e. The van der Waals surface area contributed by atoms with E-state index in [0.29, 0.717) is 22.7 Å². The number of fused-ring (bicyclic) bond motifs is 1. The van der Waals surface area contributed by atoms with Gasteiger partial charge in [0, 0.05) is 34.2 Å². The molecule has 0 saturated heterocycles. The third-order valence-electron chi connectivity index (χ3n) is 4.02. The van der Waals surface area contributed by atoms with Gasteiger partial charge in [-0.1, -0.05) is 15.9 Å². The van der Waals surface area contributed by atoms with E-state index in [1.807, 2.05) is 0 Å². The first kappa shape index (κ1) is 18.1. The van der Waals surface area contributed by atoms with Gasteiger partial charge in [-0.25, -0.2) is 9.79 Å². The molecule has 5 nitrogen and oxygen atoms in total. The van der Waals surface area contributed by atoms with E-state index >= 15 is 0 Å². The summed E-state index contributed by atoms with van der Waals surface area (Å²) in [7, 11) is 2.06. The Labute approximate surface area is 159 Å². The summed E-state index contributed by atoms with van der Waals surface area (Å²) < 4.78 is 6.09. The minimum atomic E-state index is -0.324. The van der Waals surface area contributed by atoms with Gasteiger partial charge in [0.25, 0.3) is 0 Å². The summed E-state index contributed by atoms with van der Waals surface area (Å²) >= 11 is 4.90. The van der Waals surface area contributed by atoms with Gasteiger partial charge in [0.15, 0.2) is 0 Å². The van der Waals surface area contributed by atoms with Crippen LogP contribution in [-0.2, 0) is 17.7 Å². The molecule has 2 heterocycles. The van der Waals surface area contributed by atoms with E-state index in [2.05, 4.69) is 32.9 Å². The van der Waals surface area contributed by atoms with E-state index in [0.717, 1.165) is 34.4 Å². The van der Waals surface area contributed by atoms with Crippen LogP contribution in [0.25, 0.3) is 0 Å². The number of aliphatic imine (C=N–C) groups is 1. The van der Waals surface area contributed by atoms with Crippen LogP contribution in [-0.4, -0.2) is 42.4 Å². The molecule has 0 fully saturated rings. The Morgan fingerprint density at radius 2 is 2.32 bits per heavy atom. The molecule has 1 aliphatic heterocycles. The van der Waals surface area contributed by atoms with Crippen LogP contribution in [0.2, 0.25) is 0 Å². The Kier molecular flexibility index (Phi) is 5.56. The Bertz CT molecular complexity index is 832. The summed E-state index contributed by atoms with van der Waals surface area (Å²) in [6.45, 7) is 3.85. The van der Waals surface area contributed by atoms with E-state index in [1.165, 1.54) is 11.3 Å². The van der Waals surface area contributed by atoms with Crippen molar-refractivity contribution in [1.82, 2.24) is 4.90 Å². The lowest BCUT2D eigenvalue weighted by molar-refractivity contribution is 0.0526. The number of carbonyl (C=O) groups is 1. The molecular formula is C18H19BrN2O3S. The highest BCUT2D eigenvalue weighted by Gasteiger charge is 2.27. The number of carbonyl (C=O) groups excluding carboxylic acids is 1. The fourth-order valence-corrected chi connectivity index (χ4v) is 4.42. The van der Waals surface area contributed by atoms with Gasteiger partial charge in [0.05, 0.1) is 12.2 Å². The molecule has 0 radical (unpaired) electrons. The zero-order chi connectivity index (χ0) is 18.0. The third-order valence-corrected chi connectivity index (χ3v) is 5.64. The van der Waals surface area contributed by atoms with Crippen LogP contribution in [0.15, 0.2) is 27.7 Å². The van der Waals surface area contributed by atoms with Crippen molar-refractivity contribution in [3.05, 3.63) is 44.2 Å². The number of nitrogens with zero attached hydrogens (tertiary/aromatic N) is 2. The standard InChI is InChI=1S/C18H19BrN2O3S/c1-3-24-18(23)16-13-6-7-21(2)10-15(13)25-17(16)20-9-11-8-12(19)4-5-14(11)22/h4-5,8-9,22H,3,6-7,10H2,1-2H3. The summed E-state index contributed by atoms with van der Waals surface area (Å²) in [6, 6.07) is 5.15. The number of ether oxygens (including phenoxy) is 1. The molecule has 1 aromatic heterocycles. The highest BCUT2D eigenvalue weighted by atomic mass is 79.9. The summed E-state index contributed by atoms with van der Waals surface area (Å²) in [4.78, 5) is 20.3. The summed E-state index contributed by atoms with van der Waals surface area (Å²) in [6.07, 6.45) is 2.40. The van der Waals surface area contributed by atoms with Crippen molar-refractivity contribution in [2.45, 2.75) is 19.9 Å². The van der Waals surface area contributed by atoms with E-state index in [4.69, 9.17) is 4.74 Å². The van der Waals surface area contributed by atoms with E-state index in [-0.39, 0.29) is 11.7 Å². The van der Waals surface area contributed by atoms with E-state index in [1.54, 1.807) is 31.3 Å². The Morgan fingerprint density at radius 1 is 1.52 bits per heavy atom. The first-order valence-corrected chi connectivity index (χ1v) is 9.63. The SMILES string of the molecule is CCOC(=O)c1c(N=Cc2cc(Br)ccc2O)sc2c1CCN(C)C2. The van der Waals surface area contributed by atoms with Crippen molar-refractivity contribution in [3.63, 3.8) is 0 Å². The highest BCUT2D eigenvalue weighted by molar-refractivity contribution is 9.10. The number of hydrogen-bond donors (Lipinski definition) is 1. The number of benzene rings is 1. The molecule has 0 aliphatic carbocycles. The van der Waals surface area contributed by atoms with Gasteiger partial charge in [-0.15, -0.1) is 11.3 Å². The second kappa shape index (κ2) is 7.68. The van der Waals surface area contributed by atoms with Crippen LogP contribution >= 0.6 is 27.3 Å². The van der Waals surface area contributed by atoms with Crippen molar-refractivity contribution in [2.75, 3.05) is 20.2 Å². The lowest BCUT2D eigenvalue weighted by Crippen LogP contribution is -2.26. The monoisotopic (exact) mass is 422 g/mol. The normalized spacial score (nSPS) is 14.7. The number of rotatable bonds is 4. The maximum Gasteiger partial charge on any atom is 0.341 e. The quantitative estimate of drug-likeness (QED) is 0.594. The fourth-order valence-electron chi connectivity index (χ4n) is 2.78. The Hall–Kier alpha value is -1.70. The molecule has 1 aliphatic rings. The number of esters is 1. The van der Waals surface area contributed by atoms with Gasteiger partial charge < -0.3 is 14.7 Å². The third kappa shape index (κ3) is 3.94.